The number of rotatable bonds is 2. The van der Waals surface area contributed by atoms with E-state index in [0.717, 1.165) is 31.1 Å². The van der Waals surface area contributed by atoms with Gasteiger partial charge in [0.05, 0.1) is 0 Å². The fourth-order valence-electron chi connectivity index (χ4n) is 2.31. The molecule has 1 aliphatic heterocycles. The molecule has 1 aliphatic rings. The van der Waals surface area contributed by atoms with Crippen molar-refractivity contribution in [2.24, 2.45) is 5.73 Å². The van der Waals surface area contributed by atoms with E-state index in [4.69, 9.17) is 17.3 Å². The Hall–Kier alpha value is -0.280. The van der Waals surface area contributed by atoms with Gasteiger partial charge in [-0.3, -0.25) is 4.90 Å². The molecule has 2 rings (SSSR count). The van der Waals surface area contributed by atoms with Crippen molar-refractivity contribution in [3.05, 3.63) is 34.3 Å². The molecule has 1 heterocycles. The standard InChI is InChI=1S/C13H19ClN2.ClH/c1-10-7-12(14)5-4-11(10)8-16-6-2-3-13(15)9-16;/h4-5,7,13H,2-3,6,8-9,15H2,1H3;1H/t13-;/m1./s1. The number of benzene rings is 1. The second-order valence-electron chi connectivity index (χ2n) is 4.71. The maximum absolute atomic E-state index is 5.98. The number of nitrogens with zero attached hydrogens (tertiary/aromatic N) is 1. The first kappa shape index (κ1) is 14.8. The van der Waals surface area contributed by atoms with Gasteiger partial charge in [-0.1, -0.05) is 17.7 Å². The van der Waals surface area contributed by atoms with E-state index in [0.29, 0.717) is 6.04 Å². The molecule has 0 saturated carbocycles. The molecule has 0 spiro atoms. The Balaban J connectivity index is 0.00000144. The molecule has 1 fully saturated rings. The van der Waals surface area contributed by atoms with Crippen molar-refractivity contribution in [3.63, 3.8) is 0 Å². The zero-order valence-electron chi connectivity index (χ0n) is 10.2. The van der Waals surface area contributed by atoms with Gasteiger partial charge in [-0.2, -0.15) is 0 Å². The lowest BCUT2D eigenvalue weighted by Gasteiger charge is -2.31. The van der Waals surface area contributed by atoms with Crippen molar-refractivity contribution >= 4 is 24.0 Å². The average molecular weight is 275 g/mol. The van der Waals surface area contributed by atoms with Crippen LogP contribution in [-0.4, -0.2) is 24.0 Å². The number of nitrogens with two attached hydrogens (primary N) is 1. The van der Waals surface area contributed by atoms with E-state index in [1.54, 1.807) is 0 Å². The summed E-state index contributed by atoms with van der Waals surface area (Å²) in [5.41, 5.74) is 8.61. The van der Waals surface area contributed by atoms with Gasteiger partial charge >= 0.3 is 0 Å². The second-order valence-corrected chi connectivity index (χ2v) is 5.14. The largest absolute Gasteiger partial charge is 0.327 e. The SMILES string of the molecule is Cc1cc(Cl)ccc1CN1CCC[C@@H](N)C1.Cl. The molecule has 0 aromatic heterocycles. The van der Waals surface area contributed by atoms with Crippen molar-refractivity contribution < 1.29 is 0 Å². The maximum atomic E-state index is 5.98. The third kappa shape index (κ3) is 4.14. The van der Waals surface area contributed by atoms with E-state index in [-0.39, 0.29) is 12.4 Å². The molecule has 2 nitrogen and oxygen atoms in total. The number of likely N-dealkylation sites (tertiary alicyclic amines) is 1. The third-order valence-corrected chi connectivity index (χ3v) is 3.48. The summed E-state index contributed by atoms with van der Waals surface area (Å²) in [6.07, 6.45) is 2.38. The minimum Gasteiger partial charge on any atom is -0.327 e. The molecule has 17 heavy (non-hydrogen) atoms. The van der Waals surface area contributed by atoms with E-state index in [1.807, 2.05) is 12.1 Å². The van der Waals surface area contributed by atoms with Gasteiger partial charge in [-0.05, 0) is 49.6 Å². The monoisotopic (exact) mass is 274 g/mol. The molecule has 0 amide bonds. The maximum Gasteiger partial charge on any atom is 0.0408 e. The summed E-state index contributed by atoms with van der Waals surface area (Å²) in [7, 11) is 0. The molecule has 1 aromatic carbocycles. The first-order valence-corrected chi connectivity index (χ1v) is 6.26. The van der Waals surface area contributed by atoms with Crippen LogP contribution in [0.15, 0.2) is 18.2 Å². The minimum atomic E-state index is 0. The zero-order chi connectivity index (χ0) is 11.5. The highest BCUT2D eigenvalue weighted by atomic mass is 35.5. The fraction of sp³-hybridized carbons (Fsp3) is 0.538. The summed E-state index contributed by atoms with van der Waals surface area (Å²) in [5, 5.41) is 0.816. The number of hydrogen-bond donors (Lipinski definition) is 1. The molecular formula is C13H20Cl2N2. The molecule has 1 saturated heterocycles. The summed E-state index contributed by atoms with van der Waals surface area (Å²) in [6.45, 7) is 5.29. The van der Waals surface area contributed by atoms with Crippen LogP contribution in [0.3, 0.4) is 0 Å². The Bertz CT molecular complexity index is 368. The Labute approximate surface area is 115 Å². The van der Waals surface area contributed by atoms with Crippen LogP contribution in [-0.2, 0) is 6.54 Å². The summed E-state index contributed by atoms with van der Waals surface area (Å²) >= 11 is 5.95. The van der Waals surface area contributed by atoms with Crippen LogP contribution in [0.2, 0.25) is 5.02 Å². The van der Waals surface area contributed by atoms with Gasteiger partial charge in [0.2, 0.25) is 0 Å². The van der Waals surface area contributed by atoms with Crippen molar-refractivity contribution in [3.8, 4) is 0 Å². The molecule has 1 aromatic rings. The fourth-order valence-corrected chi connectivity index (χ4v) is 2.54. The van der Waals surface area contributed by atoms with Gasteiger partial charge in [-0.25, -0.2) is 0 Å². The Morgan fingerprint density at radius 1 is 1.47 bits per heavy atom. The number of aryl methyl sites for hydroxylation is 1. The second kappa shape index (κ2) is 6.60. The van der Waals surface area contributed by atoms with Crippen LogP contribution < -0.4 is 5.73 Å². The van der Waals surface area contributed by atoms with Crippen LogP contribution in [0.1, 0.15) is 24.0 Å². The Morgan fingerprint density at radius 2 is 2.24 bits per heavy atom. The highest BCUT2D eigenvalue weighted by Gasteiger charge is 2.16. The van der Waals surface area contributed by atoms with Crippen LogP contribution in [0.5, 0.6) is 0 Å². The average Bonchev–Trinajstić information content (AvgIpc) is 2.22. The van der Waals surface area contributed by atoms with E-state index in [9.17, 15) is 0 Å². The normalized spacial score (nSPS) is 21.0. The van der Waals surface area contributed by atoms with Crippen molar-refractivity contribution in [1.29, 1.82) is 0 Å². The zero-order valence-corrected chi connectivity index (χ0v) is 11.7. The molecule has 1 atom stereocenters. The first-order chi connectivity index (χ1) is 7.65. The van der Waals surface area contributed by atoms with Crippen LogP contribution in [0, 0.1) is 6.92 Å². The van der Waals surface area contributed by atoms with Gasteiger partial charge in [0.1, 0.15) is 0 Å². The van der Waals surface area contributed by atoms with Crippen LogP contribution in [0.25, 0.3) is 0 Å². The lowest BCUT2D eigenvalue weighted by molar-refractivity contribution is 0.201. The van der Waals surface area contributed by atoms with E-state index in [1.165, 1.54) is 17.5 Å². The van der Waals surface area contributed by atoms with Gasteiger partial charge in [-0.15, -0.1) is 12.4 Å². The smallest absolute Gasteiger partial charge is 0.0408 e. The molecular weight excluding hydrogens is 255 g/mol. The van der Waals surface area contributed by atoms with E-state index >= 15 is 0 Å². The molecule has 0 aliphatic carbocycles. The number of piperidine rings is 1. The van der Waals surface area contributed by atoms with Crippen LogP contribution in [0.4, 0.5) is 0 Å². The Kier molecular flexibility index (Phi) is 5.74. The summed E-state index contributed by atoms with van der Waals surface area (Å²) < 4.78 is 0. The molecule has 0 radical (unpaired) electrons. The van der Waals surface area contributed by atoms with Crippen molar-refractivity contribution in [2.75, 3.05) is 13.1 Å². The number of halogens is 2. The third-order valence-electron chi connectivity index (χ3n) is 3.24. The highest BCUT2D eigenvalue weighted by Crippen LogP contribution is 2.18. The summed E-state index contributed by atoms with van der Waals surface area (Å²) in [6, 6.07) is 6.47. The predicted octanol–water partition coefficient (Wildman–Crippen LogP) is 2.99. The van der Waals surface area contributed by atoms with Gasteiger partial charge in [0.25, 0.3) is 0 Å². The first-order valence-electron chi connectivity index (χ1n) is 5.88. The summed E-state index contributed by atoms with van der Waals surface area (Å²) in [4.78, 5) is 2.43. The van der Waals surface area contributed by atoms with E-state index < -0.39 is 0 Å². The lowest BCUT2D eigenvalue weighted by atomic mass is 10.0. The minimum absolute atomic E-state index is 0. The van der Waals surface area contributed by atoms with E-state index in [2.05, 4.69) is 17.9 Å². The van der Waals surface area contributed by atoms with Gasteiger partial charge < -0.3 is 5.73 Å². The van der Waals surface area contributed by atoms with Crippen molar-refractivity contribution in [2.45, 2.75) is 32.4 Å². The van der Waals surface area contributed by atoms with Gasteiger partial charge in [0.15, 0.2) is 0 Å². The predicted molar refractivity (Wildman–Crippen MR) is 75.9 cm³/mol. The molecule has 0 bridgehead atoms. The van der Waals surface area contributed by atoms with Crippen LogP contribution >= 0.6 is 24.0 Å². The lowest BCUT2D eigenvalue weighted by Crippen LogP contribution is -2.42. The topological polar surface area (TPSA) is 29.3 Å². The molecule has 0 unspecified atom stereocenters. The summed E-state index contributed by atoms with van der Waals surface area (Å²) in [5.74, 6) is 0. The molecule has 2 N–H and O–H groups in total. The quantitative estimate of drug-likeness (QED) is 0.899. The highest BCUT2D eigenvalue weighted by molar-refractivity contribution is 6.30. The molecule has 96 valence electrons. The number of hydrogen-bond acceptors (Lipinski definition) is 2. The molecule has 4 heteroatoms. The van der Waals surface area contributed by atoms with Crippen molar-refractivity contribution in [1.82, 2.24) is 4.90 Å². The Morgan fingerprint density at radius 3 is 2.88 bits per heavy atom. The van der Waals surface area contributed by atoms with Gasteiger partial charge in [0, 0.05) is 24.2 Å².